The number of nitriles is 1. The molecule has 0 radical (unpaired) electrons. The van der Waals surface area contributed by atoms with Crippen LogP contribution < -0.4 is 5.73 Å². The van der Waals surface area contributed by atoms with Crippen LogP contribution in [-0.2, 0) is 4.74 Å². The lowest BCUT2D eigenvalue weighted by Gasteiger charge is -2.02. The van der Waals surface area contributed by atoms with E-state index in [0.29, 0.717) is 18.5 Å². The van der Waals surface area contributed by atoms with Gasteiger partial charge in [0, 0.05) is 6.42 Å². The number of nitrogens with zero attached hydrogens (tertiary/aromatic N) is 2. The minimum absolute atomic E-state index is 0.223. The van der Waals surface area contributed by atoms with Crippen LogP contribution in [0.15, 0.2) is 18.3 Å². The average molecular weight is 205 g/mol. The van der Waals surface area contributed by atoms with Gasteiger partial charge in [0.1, 0.15) is 5.69 Å². The highest BCUT2D eigenvalue weighted by atomic mass is 16.5. The molecule has 0 fully saturated rings. The van der Waals surface area contributed by atoms with Crippen molar-refractivity contribution in [2.75, 3.05) is 12.3 Å². The molecule has 0 aliphatic carbocycles. The lowest BCUT2D eigenvalue weighted by Crippen LogP contribution is -2.08. The molecule has 0 saturated carbocycles. The Morgan fingerprint density at radius 3 is 3.00 bits per heavy atom. The summed E-state index contributed by atoms with van der Waals surface area (Å²) in [6.07, 6.45) is 2.31. The van der Waals surface area contributed by atoms with Gasteiger partial charge in [-0.25, -0.2) is 9.78 Å². The minimum Gasteiger partial charge on any atom is -0.461 e. The summed E-state index contributed by atoms with van der Waals surface area (Å²) in [7, 11) is 0. The van der Waals surface area contributed by atoms with Gasteiger partial charge in [-0.15, -0.1) is 0 Å². The summed E-state index contributed by atoms with van der Waals surface area (Å²) >= 11 is 0. The number of carbonyl (C=O) groups is 1. The van der Waals surface area contributed by atoms with Crippen LogP contribution in [0, 0.1) is 11.3 Å². The Morgan fingerprint density at radius 2 is 2.40 bits per heavy atom. The summed E-state index contributed by atoms with van der Waals surface area (Å²) in [6, 6.07) is 5.05. The quantitative estimate of drug-likeness (QED) is 0.587. The highest BCUT2D eigenvalue weighted by Gasteiger charge is 2.07. The highest BCUT2D eigenvalue weighted by molar-refractivity contribution is 5.87. The first-order valence-electron chi connectivity index (χ1n) is 4.49. The maximum Gasteiger partial charge on any atom is 0.356 e. The van der Waals surface area contributed by atoms with E-state index in [1.54, 1.807) is 6.07 Å². The molecule has 1 aromatic rings. The molecule has 0 aliphatic rings. The second kappa shape index (κ2) is 5.60. The van der Waals surface area contributed by atoms with Crippen LogP contribution in [0.4, 0.5) is 5.69 Å². The molecule has 0 spiro atoms. The molecule has 0 amide bonds. The molecule has 15 heavy (non-hydrogen) atoms. The smallest absolute Gasteiger partial charge is 0.356 e. The number of unbranched alkanes of at least 4 members (excludes halogenated alkanes) is 1. The predicted octanol–water partition coefficient (Wildman–Crippen LogP) is 1.12. The van der Waals surface area contributed by atoms with Crippen LogP contribution in [0.3, 0.4) is 0 Å². The van der Waals surface area contributed by atoms with E-state index in [-0.39, 0.29) is 12.3 Å². The zero-order valence-corrected chi connectivity index (χ0v) is 8.14. The average Bonchev–Trinajstić information content (AvgIpc) is 2.25. The van der Waals surface area contributed by atoms with Crippen molar-refractivity contribution < 1.29 is 9.53 Å². The van der Waals surface area contributed by atoms with E-state index in [1.807, 2.05) is 6.07 Å². The van der Waals surface area contributed by atoms with Gasteiger partial charge in [0.2, 0.25) is 0 Å². The third kappa shape index (κ3) is 3.65. The van der Waals surface area contributed by atoms with Crippen LogP contribution in [0.5, 0.6) is 0 Å². The molecular weight excluding hydrogens is 194 g/mol. The molecule has 0 atom stereocenters. The molecular formula is C10H11N3O2. The third-order valence-electron chi connectivity index (χ3n) is 1.66. The minimum atomic E-state index is -0.493. The number of esters is 1. The van der Waals surface area contributed by atoms with E-state index < -0.39 is 5.97 Å². The molecule has 5 nitrogen and oxygen atoms in total. The van der Waals surface area contributed by atoms with E-state index in [0.717, 1.165) is 0 Å². The first kappa shape index (κ1) is 11.0. The second-order valence-electron chi connectivity index (χ2n) is 2.87. The standard InChI is InChI=1S/C10H11N3O2/c11-5-1-2-6-15-10(14)9-4-3-8(12)7-13-9/h3-4,7H,1-2,6,12H2. The van der Waals surface area contributed by atoms with Gasteiger partial charge in [0.25, 0.3) is 0 Å². The normalized spacial score (nSPS) is 9.27. The van der Waals surface area contributed by atoms with Gasteiger partial charge in [0.05, 0.1) is 24.6 Å². The van der Waals surface area contributed by atoms with E-state index in [9.17, 15) is 4.79 Å². The van der Waals surface area contributed by atoms with Crippen LogP contribution in [0.1, 0.15) is 23.3 Å². The van der Waals surface area contributed by atoms with Crippen molar-refractivity contribution in [3.05, 3.63) is 24.0 Å². The summed E-state index contributed by atoms with van der Waals surface area (Å²) in [6.45, 7) is 0.235. The second-order valence-corrected chi connectivity index (χ2v) is 2.87. The maximum atomic E-state index is 11.3. The Kier molecular flexibility index (Phi) is 4.10. The van der Waals surface area contributed by atoms with Crippen LogP contribution in [0.2, 0.25) is 0 Å². The number of nitrogens with two attached hydrogens (primary N) is 1. The molecule has 78 valence electrons. The number of carbonyl (C=O) groups excluding carboxylic acids is 1. The molecule has 1 rings (SSSR count). The molecule has 0 aromatic carbocycles. The van der Waals surface area contributed by atoms with Crippen molar-refractivity contribution >= 4 is 11.7 Å². The third-order valence-corrected chi connectivity index (χ3v) is 1.66. The summed E-state index contributed by atoms with van der Waals surface area (Å²) < 4.78 is 4.88. The fraction of sp³-hybridized carbons (Fsp3) is 0.300. The Labute approximate surface area is 87.5 Å². The topological polar surface area (TPSA) is 89.0 Å². The van der Waals surface area contributed by atoms with Crippen LogP contribution in [-0.4, -0.2) is 17.6 Å². The van der Waals surface area contributed by atoms with Gasteiger partial charge in [-0.3, -0.25) is 0 Å². The SMILES string of the molecule is N#CCCCOC(=O)c1ccc(N)cn1. The van der Waals surface area contributed by atoms with Crippen LogP contribution >= 0.6 is 0 Å². The van der Waals surface area contributed by atoms with Gasteiger partial charge in [-0.2, -0.15) is 5.26 Å². The molecule has 1 aromatic heterocycles. The Balaban J connectivity index is 2.41. The number of anilines is 1. The number of rotatable bonds is 4. The summed E-state index contributed by atoms with van der Waals surface area (Å²) in [5.41, 5.74) is 6.14. The number of hydrogen-bond donors (Lipinski definition) is 1. The van der Waals surface area contributed by atoms with Gasteiger partial charge < -0.3 is 10.5 Å². The monoisotopic (exact) mass is 205 g/mol. The highest BCUT2D eigenvalue weighted by Crippen LogP contribution is 2.03. The Hall–Kier alpha value is -2.09. The number of aromatic nitrogens is 1. The number of pyridine rings is 1. The van der Waals surface area contributed by atoms with Gasteiger partial charge in [-0.1, -0.05) is 0 Å². The zero-order valence-electron chi connectivity index (χ0n) is 8.14. The van der Waals surface area contributed by atoms with Crippen molar-refractivity contribution in [3.63, 3.8) is 0 Å². The predicted molar refractivity (Wildman–Crippen MR) is 53.8 cm³/mol. The lowest BCUT2D eigenvalue weighted by molar-refractivity contribution is 0.0495. The largest absolute Gasteiger partial charge is 0.461 e. The lowest BCUT2D eigenvalue weighted by atomic mass is 10.3. The fourth-order valence-corrected chi connectivity index (χ4v) is 0.916. The van der Waals surface area contributed by atoms with Crippen LogP contribution in [0.25, 0.3) is 0 Å². The van der Waals surface area contributed by atoms with Gasteiger partial charge in [-0.05, 0) is 18.6 Å². The van der Waals surface area contributed by atoms with Crippen molar-refractivity contribution in [2.45, 2.75) is 12.8 Å². The molecule has 0 unspecified atom stereocenters. The first-order chi connectivity index (χ1) is 7.24. The molecule has 0 aliphatic heterocycles. The summed E-state index contributed by atoms with van der Waals surface area (Å²) in [4.78, 5) is 15.1. The van der Waals surface area contributed by atoms with Crippen molar-refractivity contribution in [2.24, 2.45) is 0 Å². The van der Waals surface area contributed by atoms with E-state index in [1.165, 1.54) is 12.3 Å². The van der Waals surface area contributed by atoms with Crippen molar-refractivity contribution in [1.82, 2.24) is 4.98 Å². The van der Waals surface area contributed by atoms with E-state index >= 15 is 0 Å². The number of nitrogen functional groups attached to an aromatic ring is 1. The van der Waals surface area contributed by atoms with E-state index in [4.69, 9.17) is 15.7 Å². The molecule has 0 bridgehead atoms. The van der Waals surface area contributed by atoms with Gasteiger partial charge >= 0.3 is 5.97 Å². The molecule has 5 heteroatoms. The van der Waals surface area contributed by atoms with Crippen molar-refractivity contribution in [1.29, 1.82) is 5.26 Å². The summed E-state index contributed by atoms with van der Waals surface area (Å²) in [5, 5.41) is 8.26. The first-order valence-corrected chi connectivity index (χ1v) is 4.49. The summed E-state index contributed by atoms with van der Waals surface area (Å²) in [5.74, 6) is -0.493. The molecule has 2 N–H and O–H groups in total. The van der Waals surface area contributed by atoms with E-state index in [2.05, 4.69) is 4.98 Å². The van der Waals surface area contributed by atoms with Gasteiger partial charge in [0.15, 0.2) is 0 Å². The number of hydrogen-bond acceptors (Lipinski definition) is 5. The fourth-order valence-electron chi connectivity index (χ4n) is 0.916. The number of ether oxygens (including phenoxy) is 1. The Morgan fingerprint density at radius 1 is 1.60 bits per heavy atom. The zero-order chi connectivity index (χ0) is 11.1. The maximum absolute atomic E-state index is 11.3. The Bertz CT molecular complexity index is 367. The molecule has 1 heterocycles. The molecule has 0 saturated heterocycles. The van der Waals surface area contributed by atoms with Crippen molar-refractivity contribution in [3.8, 4) is 6.07 Å².